The van der Waals surface area contributed by atoms with Crippen LogP contribution in [0.25, 0.3) is 0 Å². The van der Waals surface area contributed by atoms with Gasteiger partial charge in [0.1, 0.15) is 0 Å². The Kier molecular flexibility index (Phi) is 2.21. The number of carboxylic acids is 1. The Morgan fingerprint density at radius 1 is 1.73 bits per heavy atom. The molecule has 1 aromatic heterocycles. The van der Waals surface area contributed by atoms with E-state index in [1.807, 2.05) is 13.0 Å². The van der Waals surface area contributed by atoms with Crippen molar-refractivity contribution in [2.45, 2.75) is 13.3 Å². The molecule has 0 fully saturated rings. The van der Waals surface area contributed by atoms with Crippen molar-refractivity contribution in [3.63, 3.8) is 0 Å². The molecule has 3 heteroatoms. The van der Waals surface area contributed by atoms with Gasteiger partial charge in [0.2, 0.25) is 0 Å². The van der Waals surface area contributed by atoms with Crippen LogP contribution in [0.2, 0.25) is 0 Å². The lowest BCUT2D eigenvalue weighted by Crippen LogP contribution is -2.01. The number of carbonyl (C=O) groups is 1. The van der Waals surface area contributed by atoms with Crippen molar-refractivity contribution in [3.05, 3.63) is 29.6 Å². The van der Waals surface area contributed by atoms with E-state index < -0.39 is 5.97 Å². The second-order valence-corrected chi connectivity index (χ2v) is 2.40. The van der Waals surface area contributed by atoms with Crippen LogP contribution in [0.1, 0.15) is 11.3 Å². The van der Waals surface area contributed by atoms with E-state index in [1.165, 1.54) is 0 Å². The zero-order valence-corrected chi connectivity index (χ0v) is 6.24. The van der Waals surface area contributed by atoms with Gasteiger partial charge < -0.3 is 5.11 Å². The number of pyridine rings is 1. The number of rotatable bonds is 2. The van der Waals surface area contributed by atoms with E-state index in [9.17, 15) is 4.79 Å². The largest absolute Gasteiger partial charge is 0.481 e. The quantitative estimate of drug-likeness (QED) is 0.686. The molecule has 1 heterocycles. The van der Waals surface area contributed by atoms with Crippen LogP contribution in [0.4, 0.5) is 0 Å². The molecule has 0 aliphatic heterocycles. The molecule has 1 rings (SSSR count). The molecule has 3 nitrogen and oxygen atoms in total. The lowest BCUT2D eigenvalue weighted by atomic mass is 10.2. The number of hydrogen-bond acceptors (Lipinski definition) is 2. The minimum atomic E-state index is -0.844. The molecule has 0 amide bonds. The monoisotopic (exact) mass is 151 g/mol. The molecular weight excluding hydrogens is 142 g/mol. The summed E-state index contributed by atoms with van der Waals surface area (Å²) in [5.41, 5.74) is 1.65. The van der Waals surface area contributed by atoms with Gasteiger partial charge in [-0.15, -0.1) is 0 Å². The van der Waals surface area contributed by atoms with Gasteiger partial charge in [-0.25, -0.2) is 0 Å². The molecule has 1 aromatic rings. The van der Waals surface area contributed by atoms with Crippen molar-refractivity contribution >= 4 is 5.97 Å². The summed E-state index contributed by atoms with van der Waals surface area (Å²) in [5.74, 6) is -0.844. The van der Waals surface area contributed by atoms with E-state index in [-0.39, 0.29) is 6.42 Å². The maximum absolute atomic E-state index is 10.2. The zero-order chi connectivity index (χ0) is 8.27. The van der Waals surface area contributed by atoms with Gasteiger partial charge in [0, 0.05) is 6.20 Å². The predicted octanol–water partition coefficient (Wildman–Crippen LogP) is 1.02. The number of aryl methyl sites for hydroxylation is 1. The highest BCUT2D eigenvalue weighted by atomic mass is 16.4. The highest BCUT2D eigenvalue weighted by Crippen LogP contribution is 1.99. The fourth-order valence-corrected chi connectivity index (χ4v) is 0.850. The molecule has 0 radical (unpaired) electrons. The summed E-state index contributed by atoms with van der Waals surface area (Å²) in [4.78, 5) is 14.1. The SMILES string of the molecule is Cc1ccnc(CC(=O)O)c1. The second-order valence-electron chi connectivity index (χ2n) is 2.40. The van der Waals surface area contributed by atoms with Gasteiger partial charge in [0.15, 0.2) is 0 Å². The predicted molar refractivity (Wildman–Crippen MR) is 40.3 cm³/mol. The fourth-order valence-electron chi connectivity index (χ4n) is 0.850. The summed E-state index contributed by atoms with van der Waals surface area (Å²) < 4.78 is 0. The van der Waals surface area contributed by atoms with E-state index in [2.05, 4.69) is 4.98 Å². The maximum atomic E-state index is 10.2. The van der Waals surface area contributed by atoms with Crippen molar-refractivity contribution < 1.29 is 9.90 Å². The van der Waals surface area contributed by atoms with E-state index in [0.29, 0.717) is 5.69 Å². The third-order valence-corrected chi connectivity index (χ3v) is 1.30. The minimum Gasteiger partial charge on any atom is -0.481 e. The molecule has 0 aromatic carbocycles. The van der Waals surface area contributed by atoms with Crippen LogP contribution in [0.15, 0.2) is 18.3 Å². The Labute approximate surface area is 64.7 Å². The lowest BCUT2D eigenvalue weighted by Gasteiger charge is -1.95. The van der Waals surface area contributed by atoms with Gasteiger partial charge in [-0.05, 0) is 24.6 Å². The van der Waals surface area contributed by atoms with Crippen LogP contribution in [-0.2, 0) is 11.2 Å². The molecule has 0 spiro atoms. The minimum absolute atomic E-state index is 0.00167. The van der Waals surface area contributed by atoms with E-state index in [0.717, 1.165) is 5.56 Å². The average molecular weight is 151 g/mol. The number of nitrogens with zero attached hydrogens (tertiary/aromatic N) is 1. The lowest BCUT2D eigenvalue weighted by molar-refractivity contribution is -0.136. The first-order chi connectivity index (χ1) is 5.18. The molecule has 0 bridgehead atoms. The van der Waals surface area contributed by atoms with E-state index in [1.54, 1.807) is 12.3 Å². The van der Waals surface area contributed by atoms with Crippen molar-refractivity contribution in [1.29, 1.82) is 0 Å². The normalized spacial score (nSPS) is 9.55. The third kappa shape index (κ3) is 2.37. The van der Waals surface area contributed by atoms with Gasteiger partial charge in [0.25, 0.3) is 0 Å². The van der Waals surface area contributed by atoms with Crippen LogP contribution in [0.5, 0.6) is 0 Å². The molecule has 0 saturated carbocycles. The van der Waals surface area contributed by atoms with Gasteiger partial charge in [-0.2, -0.15) is 0 Å². The molecular formula is C8H9NO2. The smallest absolute Gasteiger partial charge is 0.309 e. The Morgan fingerprint density at radius 2 is 2.45 bits per heavy atom. The van der Waals surface area contributed by atoms with E-state index >= 15 is 0 Å². The summed E-state index contributed by atoms with van der Waals surface area (Å²) in [6.45, 7) is 1.91. The standard InChI is InChI=1S/C8H9NO2/c1-6-2-3-9-7(4-6)5-8(10)11/h2-4H,5H2,1H3,(H,10,11). The van der Waals surface area contributed by atoms with E-state index in [4.69, 9.17) is 5.11 Å². The Bertz CT molecular complexity index is 271. The molecule has 0 unspecified atom stereocenters. The molecule has 0 aliphatic rings. The zero-order valence-electron chi connectivity index (χ0n) is 6.24. The molecule has 1 N–H and O–H groups in total. The Hall–Kier alpha value is -1.38. The number of carboxylic acid groups (broad SMARTS) is 1. The highest BCUT2D eigenvalue weighted by molar-refractivity contribution is 5.69. The number of hydrogen-bond donors (Lipinski definition) is 1. The molecule has 58 valence electrons. The van der Waals surface area contributed by atoms with Gasteiger partial charge in [0.05, 0.1) is 12.1 Å². The van der Waals surface area contributed by atoms with Crippen molar-refractivity contribution in [3.8, 4) is 0 Å². The first kappa shape index (κ1) is 7.72. The Morgan fingerprint density at radius 3 is 3.00 bits per heavy atom. The molecule has 0 atom stereocenters. The summed E-state index contributed by atoms with van der Waals surface area (Å²) >= 11 is 0. The summed E-state index contributed by atoms with van der Waals surface area (Å²) in [5, 5.41) is 8.42. The van der Waals surface area contributed by atoms with Crippen molar-refractivity contribution in [2.75, 3.05) is 0 Å². The first-order valence-electron chi connectivity index (χ1n) is 3.32. The Balaban J connectivity index is 2.79. The van der Waals surface area contributed by atoms with Gasteiger partial charge in [-0.1, -0.05) is 0 Å². The molecule has 11 heavy (non-hydrogen) atoms. The van der Waals surface area contributed by atoms with Crippen LogP contribution in [0, 0.1) is 6.92 Å². The molecule has 0 aliphatic carbocycles. The van der Waals surface area contributed by atoms with Crippen LogP contribution < -0.4 is 0 Å². The second kappa shape index (κ2) is 3.14. The third-order valence-electron chi connectivity index (χ3n) is 1.30. The fraction of sp³-hybridized carbons (Fsp3) is 0.250. The number of aliphatic carboxylic acids is 1. The summed E-state index contributed by atoms with van der Waals surface area (Å²) in [6.07, 6.45) is 1.62. The van der Waals surface area contributed by atoms with Crippen LogP contribution >= 0.6 is 0 Å². The summed E-state index contributed by atoms with van der Waals surface area (Å²) in [7, 11) is 0. The van der Waals surface area contributed by atoms with Crippen LogP contribution in [-0.4, -0.2) is 16.1 Å². The average Bonchev–Trinajstić information content (AvgIpc) is 1.85. The summed E-state index contributed by atoms with van der Waals surface area (Å²) in [6, 6.07) is 3.61. The molecule has 0 saturated heterocycles. The highest BCUT2D eigenvalue weighted by Gasteiger charge is 2.00. The van der Waals surface area contributed by atoms with Gasteiger partial charge in [-0.3, -0.25) is 9.78 Å². The first-order valence-corrected chi connectivity index (χ1v) is 3.32. The van der Waals surface area contributed by atoms with Crippen LogP contribution in [0.3, 0.4) is 0 Å². The number of aromatic nitrogens is 1. The van der Waals surface area contributed by atoms with Crippen molar-refractivity contribution in [1.82, 2.24) is 4.98 Å². The van der Waals surface area contributed by atoms with Gasteiger partial charge >= 0.3 is 5.97 Å². The van der Waals surface area contributed by atoms with Crippen molar-refractivity contribution in [2.24, 2.45) is 0 Å². The maximum Gasteiger partial charge on any atom is 0.309 e. The topological polar surface area (TPSA) is 50.2 Å².